The molecule has 2 N–H and O–H groups in total. The lowest BCUT2D eigenvalue weighted by atomic mass is 10.1. The highest BCUT2D eigenvalue weighted by atomic mass is 16.5. The van der Waals surface area contributed by atoms with Crippen LogP contribution in [0.3, 0.4) is 0 Å². The fourth-order valence-electron chi connectivity index (χ4n) is 2.84. The highest BCUT2D eigenvalue weighted by Crippen LogP contribution is 2.23. The summed E-state index contributed by atoms with van der Waals surface area (Å²) in [4.78, 5) is 25.2. The monoisotopic (exact) mass is 417 g/mol. The predicted octanol–water partition coefficient (Wildman–Crippen LogP) is 4.03. The number of methoxy groups -OCH3 is 2. The first kappa shape index (κ1) is 21.6. The van der Waals surface area contributed by atoms with Gasteiger partial charge >= 0.3 is 0 Å². The van der Waals surface area contributed by atoms with Gasteiger partial charge in [0.15, 0.2) is 0 Å². The Labute approximate surface area is 180 Å². The van der Waals surface area contributed by atoms with Gasteiger partial charge in [-0.3, -0.25) is 9.59 Å². The van der Waals surface area contributed by atoms with Gasteiger partial charge in [0.25, 0.3) is 11.8 Å². The fraction of sp³-hybridized carbons (Fsp3) is 0.125. The van der Waals surface area contributed by atoms with Gasteiger partial charge in [-0.05, 0) is 43.3 Å². The van der Waals surface area contributed by atoms with E-state index in [1.807, 2.05) is 19.1 Å². The summed E-state index contributed by atoms with van der Waals surface area (Å²) < 4.78 is 10.5. The molecule has 0 spiro atoms. The van der Waals surface area contributed by atoms with Crippen molar-refractivity contribution in [1.82, 2.24) is 5.43 Å². The minimum Gasteiger partial charge on any atom is -0.497 e. The second-order valence-electron chi connectivity index (χ2n) is 6.67. The number of nitrogens with zero attached hydrogens (tertiary/aromatic N) is 1. The first-order valence-corrected chi connectivity index (χ1v) is 9.54. The van der Waals surface area contributed by atoms with Crippen LogP contribution >= 0.6 is 0 Å². The van der Waals surface area contributed by atoms with E-state index < -0.39 is 5.91 Å². The van der Waals surface area contributed by atoms with Crippen molar-refractivity contribution in [3.05, 3.63) is 89.0 Å². The molecule has 0 aliphatic rings. The molecule has 0 fully saturated rings. The van der Waals surface area contributed by atoms with Crippen LogP contribution in [-0.2, 0) is 0 Å². The van der Waals surface area contributed by atoms with E-state index in [0.717, 1.165) is 5.56 Å². The Hall–Kier alpha value is -4.13. The van der Waals surface area contributed by atoms with Crippen LogP contribution in [0.25, 0.3) is 0 Å². The number of hydrogen-bond acceptors (Lipinski definition) is 5. The second kappa shape index (κ2) is 10.1. The third kappa shape index (κ3) is 5.48. The van der Waals surface area contributed by atoms with Gasteiger partial charge in [-0.15, -0.1) is 0 Å². The number of anilines is 1. The molecule has 0 atom stereocenters. The molecule has 0 bridgehead atoms. The molecule has 0 saturated heterocycles. The largest absolute Gasteiger partial charge is 0.497 e. The van der Waals surface area contributed by atoms with E-state index >= 15 is 0 Å². The number of benzene rings is 3. The Balaban J connectivity index is 1.72. The van der Waals surface area contributed by atoms with Gasteiger partial charge in [0.05, 0.1) is 31.7 Å². The predicted molar refractivity (Wildman–Crippen MR) is 120 cm³/mol. The normalized spacial score (nSPS) is 10.5. The van der Waals surface area contributed by atoms with E-state index in [2.05, 4.69) is 15.8 Å². The molecule has 7 nitrogen and oxygen atoms in total. The molecule has 0 heterocycles. The molecule has 2 amide bonds. The van der Waals surface area contributed by atoms with Crippen molar-refractivity contribution in [2.75, 3.05) is 19.5 Å². The molecule has 0 aliphatic carbocycles. The van der Waals surface area contributed by atoms with Crippen molar-refractivity contribution in [2.45, 2.75) is 6.92 Å². The Bertz CT molecular complexity index is 1110. The van der Waals surface area contributed by atoms with Crippen molar-refractivity contribution >= 4 is 23.7 Å². The van der Waals surface area contributed by atoms with E-state index in [1.165, 1.54) is 13.3 Å². The molecule has 0 radical (unpaired) electrons. The SMILES string of the molecule is COc1ccc(/C=N\NC(=O)c2ccccc2NC(=O)c2ccc(C)cc2)c(OC)c1. The standard InChI is InChI=1S/C24H23N3O4/c1-16-8-10-17(11-9-16)23(28)26-21-7-5-4-6-20(21)24(29)27-25-15-18-12-13-19(30-2)14-22(18)31-3/h4-15H,1-3H3,(H,26,28)(H,27,29)/b25-15-. The van der Waals surface area contributed by atoms with Crippen LogP contribution in [0.15, 0.2) is 71.8 Å². The highest BCUT2D eigenvalue weighted by molar-refractivity contribution is 6.09. The molecule has 3 rings (SSSR count). The van der Waals surface area contributed by atoms with Crippen LogP contribution in [0.1, 0.15) is 31.8 Å². The van der Waals surface area contributed by atoms with Crippen molar-refractivity contribution in [1.29, 1.82) is 0 Å². The van der Waals surface area contributed by atoms with Crippen LogP contribution < -0.4 is 20.2 Å². The third-order valence-electron chi connectivity index (χ3n) is 4.54. The Kier molecular flexibility index (Phi) is 7.01. The molecule has 3 aromatic carbocycles. The van der Waals surface area contributed by atoms with E-state index in [-0.39, 0.29) is 5.91 Å². The lowest BCUT2D eigenvalue weighted by Crippen LogP contribution is -2.21. The Morgan fingerprint density at radius 3 is 2.35 bits per heavy atom. The second-order valence-corrected chi connectivity index (χ2v) is 6.67. The number of rotatable bonds is 7. The summed E-state index contributed by atoms with van der Waals surface area (Å²) in [6, 6.07) is 19.2. The molecule has 3 aromatic rings. The Morgan fingerprint density at radius 1 is 0.903 bits per heavy atom. The van der Waals surface area contributed by atoms with Crippen molar-refractivity contribution in [3.63, 3.8) is 0 Å². The molecule has 31 heavy (non-hydrogen) atoms. The quantitative estimate of drug-likeness (QED) is 0.449. The van der Waals surface area contributed by atoms with Gasteiger partial charge in [0.2, 0.25) is 0 Å². The van der Waals surface area contributed by atoms with Gasteiger partial charge in [-0.25, -0.2) is 5.43 Å². The summed E-state index contributed by atoms with van der Waals surface area (Å²) in [7, 11) is 3.11. The first-order valence-electron chi connectivity index (χ1n) is 9.54. The van der Waals surface area contributed by atoms with E-state index in [0.29, 0.717) is 33.9 Å². The van der Waals surface area contributed by atoms with Crippen LogP contribution in [0.5, 0.6) is 11.5 Å². The maximum absolute atomic E-state index is 12.6. The van der Waals surface area contributed by atoms with E-state index in [9.17, 15) is 9.59 Å². The third-order valence-corrected chi connectivity index (χ3v) is 4.54. The maximum Gasteiger partial charge on any atom is 0.273 e. The smallest absolute Gasteiger partial charge is 0.273 e. The van der Waals surface area contributed by atoms with Crippen LogP contribution in [0.4, 0.5) is 5.69 Å². The van der Waals surface area contributed by atoms with E-state index in [1.54, 1.807) is 61.7 Å². The highest BCUT2D eigenvalue weighted by Gasteiger charge is 2.14. The summed E-state index contributed by atoms with van der Waals surface area (Å²) in [5.41, 5.74) is 5.40. The summed E-state index contributed by atoms with van der Waals surface area (Å²) in [5, 5.41) is 6.79. The van der Waals surface area contributed by atoms with Gasteiger partial charge in [0, 0.05) is 17.2 Å². The number of ether oxygens (including phenoxy) is 2. The number of hydrazone groups is 1. The average Bonchev–Trinajstić information content (AvgIpc) is 2.79. The van der Waals surface area contributed by atoms with Gasteiger partial charge < -0.3 is 14.8 Å². The fourth-order valence-corrected chi connectivity index (χ4v) is 2.84. The number of carbonyl (C=O) groups is 2. The number of nitrogens with one attached hydrogen (secondary N) is 2. The molecule has 0 aliphatic heterocycles. The zero-order chi connectivity index (χ0) is 22.2. The van der Waals surface area contributed by atoms with Crippen molar-refractivity contribution in [3.8, 4) is 11.5 Å². The van der Waals surface area contributed by atoms with Crippen molar-refractivity contribution < 1.29 is 19.1 Å². The molecular formula is C24H23N3O4. The summed E-state index contributed by atoms with van der Waals surface area (Å²) in [5.74, 6) is 0.453. The lowest BCUT2D eigenvalue weighted by molar-refractivity contribution is 0.0956. The number of carbonyl (C=O) groups excluding carboxylic acids is 2. The maximum atomic E-state index is 12.6. The number of aryl methyl sites for hydroxylation is 1. The van der Waals surface area contributed by atoms with Gasteiger partial charge in [-0.2, -0.15) is 5.10 Å². The number of para-hydroxylation sites is 1. The Morgan fingerprint density at radius 2 is 1.65 bits per heavy atom. The van der Waals surface area contributed by atoms with E-state index in [4.69, 9.17) is 9.47 Å². The van der Waals surface area contributed by atoms with Crippen LogP contribution in [0.2, 0.25) is 0 Å². The zero-order valence-corrected chi connectivity index (χ0v) is 17.5. The summed E-state index contributed by atoms with van der Waals surface area (Å²) >= 11 is 0. The topological polar surface area (TPSA) is 89.0 Å². The molecule has 158 valence electrons. The summed E-state index contributed by atoms with van der Waals surface area (Å²) in [6.07, 6.45) is 1.48. The molecule has 0 aromatic heterocycles. The minimum atomic E-state index is -0.455. The van der Waals surface area contributed by atoms with Crippen LogP contribution in [-0.4, -0.2) is 32.2 Å². The van der Waals surface area contributed by atoms with Crippen molar-refractivity contribution in [2.24, 2.45) is 5.10 Å². The average molecular weight is 417 g/mol. The first-order chi connectivity index (χ1) is 15.0. The van der Waals surface area contributed by atoms with Crippen LogP contribution in [0, 0.1) is 6.92 Å². The van der Waals surface area contributed by atoms with Gasteiger partial charge in [-0.1, -0.05) is 29.8 Å². The molecular weight excluding hydrogens is 394 g/mol. The molecule has 0 unspecified atom stereocenters. The molecule has 7 heteroatoms. The van der Waals surface area contributed by atoms with Gasteiger partial charge in [0.1, 0.15) is 11.5 Å². The lowest BCUT2D eigenvalue weighted by Gasteiger charge is -2.10. The molecule has 0 saturated carbocycles. The number of hydrogen-bond donors (Lipinski definition) is 2. The zero-order valence-electron chi connectivity index (χ0n) is 17.5. The summed E-state index contributed by atoms with van der Waals surface area (Å²) in [6.45, 7) is 1.95. The number of amides is 2. The minimum absolute atomic E-state index is 0.293.